The summed E-state index contributed by atoms with van der Waals surface area (Å²) in [6.45, 7) is 3.97. The van der Waals surface area contributed by atoms with E-state index in [0.29, 0.717) is 11.4 Å². The first-order valence-electron chi connectivity index (χ1n) is 6.26. The summed E-state index contributed by atoms with van der Waals surface area (Å²) in [4.78, 5) is 16.8. The van der Waals surface area contributed by atoms with E-state index >= 15 is 0 Å². The molecule has 0 aliphatic carbocycles. The maximum Gasteiger partial charge on any atom is 0.234 e. The van der Waals surface area contributed by atoms with E-state index in [1.807, 2.05) is 38.1 Å². The van der Waals surface area contributed by atoms with Crippen LogP contribution >= 0.6 is 11.8 Å². The van der Waals surface area contributed by atoms with Gasteiger partial charge in [0.25, 0.3) is 0 Å². The molecule has 1 aromatic heterocycles. The van der Waals surface area contributed by atoms with Crippen LogP contribution in [-0.2, 0) is 4.79 Å². The molecule has 2 aromatic rings. The van der Waals surface area contributed by atoms with Crippen molar-refractivity contribution in [3.05, 3.63) is 47.8 Å². The molecule has 0 aliphatic rings. The highest BCUT2D eigenvalue weighted by molar-refractivity contribution is 8.00. The SMILES string of the molecule is Cc1cccc(C)c1NC(=O)CSc1ccncc1N. The summed E-state index contributed by atoms with van der Waals surface area (Å²) in [7, 11) is 0. The fourth-order valence-electron chi connectivity index (χ4n) is 1.86. The van der Waals surface area contributed by atoms with E-state index in [-0.39, 0.29) is 5.91 Å². The quantitative estimate of drug-likeness (QED) is 0.848. The largest absolute Gasteiger partial charge is 0.397 e. The van der Waals surface area contributed by atoms with Crippen molar-refractivity contribution in [1.82, 2.24) is 4.98 Å². The van der Waals surface area contributed by atoms with Gasteiger partial charge in [0.15, 0.2) is 0 Å². The lowest BCUT2D eigenvalue weighted by molar-refractivity contribution is -0.113. The maximum absolute atomic E-state index is 12.0. The second-order valence-corrected chi connectivity index (χ2v) is 5.53. The third-order valence-electron chi connectivity index (χ3n) is 2.91. The zero-order valence-corrected chi connectivity index (χ0v) is 12.3. The Labute approximate surface area is 122 Å². The Morgan fingerprint density at radius 3 is 2.65 bits per heavy atom. The summed E-state index contributed by atoms with van der Waals surface area (Å²) >= 11 is 1.41. The molecule has 1 amide bonds. The highest BCUT2D eigenvalue weighted by Crippen LogP contribution is 2.24. The van der Waals surface area contributed by atoms with Crippen LogP contribution < -0.4 is 11.1 Å². The summed E-state index contributed by atoms with van der Waals surface area (Å²) in [5.41, 5.74) is 9.40. The lowest BCUT2D eigenvalue weighted by atomic mass is 10.1. The Bertz CT molecular complexity index is 608. The minimum absolute atomic E-state index is 0.0383. The smallest absolute Gasteiger partial charge is 0.234 e. The molecule has 3 N–H and O–H groups in total. The van der Waals surface area contributed by atoms with Gasteiger partial charge in [0, 0.05) is 16.8 Å². The molecule has 0 aliphatic heterocycles. The second kappa shape index (κ2) is 6.43. The number of aryl methyl sites for hydroxylation is 2. The molecule has 0 unspecified atom stereocenters. The number of carbonyl (C=O) groups excluding carboxylic acids is 1. The van der Waals surface area contributed by atoms with Gasteiger partial charge in [-0.3, -0.25) is 9.78 Å². The topological polar surface area (TPSA) is 68.0 Å². The van der Waals surface area contributed by atoms with Gasteiger partial charge < -0.3 is 11.1 Å². The standard InChI is InChI=1S/C15H17N3OS/c1-10-4-3-5-11(2)15(10)18-14(19)9-20-13-6-7-17-8-12(13)16/h3-8H,9,16H2,1-2H3,(H,18,19). The minimum Gasteiger partial charge on any atom is -0.397 e. The summed E-state index contributed by atoms with van der Waals surface area (Å²) in [5.74, 6) is 0.283. The van der Waals surface area contributed by atoms with Crippen LogP contribution in [0.5, 0.6) is 0 Å². The van der Waals surface area contributed by atoms with Gasteiger partial charge in [-0.1, -0.05) is 18.2 Å². The number of hydrogen-bond donors (Lipinski definition) is 2. The molecule has 0 fully saturated rings. The Kier molecular flexibility index (Phi) is 4.63. The first kappa shape index (κ1) is 14.4. The highest BCUT2D eigenvalue weighted by Gasteiger charge is 2.08. The van der Waals surface area contributed by atoms with Crippen LogP contribution in [0.1, 0.15) is 11.1 Å². The summed E-state index contributed by atoms with van der Waals surface area (Å²) in [5, 5.41) is 2.95. The van der Waals surface area contributed by atoms with E-state index in [9.17, 15) is 4.79 Å². The second-order valence-electron chi connectivity index (χ2n) is 4.52. The lowest BCUT2D eigenvalue weighted by Crippen LogP contribution is -2.15. The fraction of sp³-hybridized carbons (Fsp3) is 0.200. The number of carbonyl (C=O) groups is 1. The molecule has 1 aromatic carbocycles. The van der Waals surface area contributed by atoms with E-state index in [1.165, 1.54) is 11.8 Å². The van der Waals surface area contributed by atoms with Crippen molar-refractivity contribution in [3.8, 4) is 0 Å². The highest BCUT2D eigenvalue weighted by atomic mass is 32.2. The van der Waals surface area contributed by atoms with Crippen LogP contribution in [0.15, 0.2) is 41.6 Å². The molecule has 104 valence electrons. The number of nitrogens with one attached hydrogen (secondary N) is 1. The number of nitrogen functional groups attached to an aromatic ring is 1. The number of aromatic nitrogens is 1. The number of hydrogen-bond acceptors (Lipinski definition) is 4. The van der Waals surface area contributed by atoms with Gasteiger partial charge in [-0.05, 0) is 31.0 Å². The van der Waals surface area contributed by atoms with Crippen LogP contribution in [-0.4, -0.2) is 16.6 Å². The molecule has 0 spiro atoms. The molecule has 0 bridgehead atoms. The van der Waals surface area contributed by atoms with Crippen molar-refractivity contribution < 1.29 is 4.79 Å². The van der Waals surface area contributed by atoms with Gasteiger partial charge in [-0.25, -0.2) is 0 Å². The molecule has 0 saturated heterocycles. The minimum atomic E-state index is -0.0383. The Morgan fingerprint density at radius 2 is 2.00 bits per heavy atom. The van der Waals surface area contributed by atoms with E-state index in [2.05, 4.69) is 10.3 Å². The van der Waals surface area contributed by atoms with Gasteiger partial charge in [-0.15, -0.1) is 11.8 Å². The van der Waals surface area contributed by atoms with Crippen molar-refractivity contribution >= 4 is 29.0 Å². The number of para-hydroxylation sites is 1. The summed E-state index contributed by atoms with van der Waals surface area (Å²) in [6, 6.07) is 7.76. The number of thioether (sulfide) groups is 1. The third-order valence-corrected chi connectivity index (χ3v) is 4.00. The molecule has 4 nitrogen and oxygen atoms in total. The third kappa shape index (κ3) is 3.51. The van der Waals surface area contributed by atoms with Crippen molar-refractivity contribution in [2.24, 2.45) is 0 Å². The zero-order chi connectivity index (χ0) is 14.5. The van der Waals surface area contributed by atoms with E-state index in [0.717, 1.165) is 21.7 Å². The van der Waals surface area contributed by atoms with E-state index in [1.54, 1.807) is 12.4 Å². The van der Waals surface area contributed by atoms with Gasteiger partial charge in [-0.2, -0.15) is 0 Å². The number of benzene rings is 1. The van der Waals surface area contributed by atoms with Crippen molar-refractivity contribution in [2.75, 3.05) is 16.8 Å². The number of nitrogens with zero attached hydrogens (tertiary/aromatic N) is 1. The zero-order valence-electron chi connectivity index (χ0n) is 11.5. The Morgan fingerprint density at radius 1 is 1.30 bits per heavy atom. The molecular formula is C15H17N3OS. The predicted octanol–water partition coefficient (Wildman–Crippen LogP) is 3.01. The molecule has 20 heavy (non-hydrogen) atoms. The number of pyridine rings is 1. The van der Waals surface area contributed by atoms with Crippen LogP contribution in [0.25, 0.3) is 0 Å². The van der Waals surface area contributed by atoms with Gasteiger partial charge in [0.1, 0.15) is 0 Å². The number of anilines is 2. The fourth-order valence-corrected chi connectivity index (χ4v) is 2.59. The molecule has 0 radical (unpaired) electrons. The van der Waals surface area contributed by atoms with Crippen molar-refractivity contribution in [2.45, 2.75) is 18.7 Å². The Balaban J connectivity index is 1.98. The number of amides is 1. The van der Waals surface area contributed by atoms with E-state index < -0.39 is 0 Å². The summed E-state index contributed by atoms with van der Waals surface area (Å²) in [6.07, 6.45) is 3.26. The summed E-state index contributed by atoms with van der Waals surface area (Å²) < 4.78 is 0. The molecular weight excluding hydrogens is 270 g/mol. The van der Waals surface area contributed by atoms with Gasteiger partial charge in [0.05, 0.1) is 17.6 Å². The molecule has 1 heterocycles. The lowest BCUT2D eigenvalue weighted by Gasteiger charge is -2.11. The van der Waals surface area contributed by atoms with Crippen LogP contribution in [0.4, 0.5) is 11.4 Å². The molecule has 2 rings (SSSR count). The predicted molar refractivity (Wildman–Crippen MR) is 83.9 cm³/mol. The van der Waals surface area contributed by atoms with Crippen LogP contribution in [0.3, 0.4) is 0 Å². The van der Waals surface area contributed by atoms with Crippen LogP contribution in [0, 0.1) is 13.8 Å². The Hall–Kier alpha value is -2.01. The first-order chi connectivity index (χ1) is 9.58. The van der Waals surface area contributed by atoms with Gasteiger partial charge in [0.2, 0.25) is 5.91 Å². The van der Waals surface area contributed by atoms with E-state index in [4.69, 9.17) is 5.73 Å². The number of nitrogens with two attached hydrogens (primary N) is 1. The van der Waals surface area contributed by atoms with Crippen molar-refractivity contribution in [1.29, 1.82) is 0 Å². The average Bonchev–Trinajstić information content (AvgIpc) is 2.42. The number of rotatable bonds is 4. The normalized spacial score (nSPS) is 10.3. The molecule has 5 heteroatoms. The van der Waals surface area contributed by atoms with Crippen molar-refractivity contribution in [3.63, 3.8) is 0 Å². The molecule has 0 atom stereocenters. The van der Waals surface area contributed by atoms with Gasteiger partial charge >= 0.3 is 0 Å². The maximum atomic E-state index is 12.0. The first-order valence-corrected chi connectivity index (χ1v) is 7.25. The van der Waals surface area contributed by atoms with Crippen LogP contribution in [0.2, 0.25) is 0 Å². The average molecular weight is 287 g/mol. The molecule has 0 saturated carbocycles. The monoisotopic (exact) mass is 287 g/mol.